The molecule has 51 heavy (non-hydrogen) atoms. The molecule has 11 rings (SSSR count). The van der Waals surface area contributed by atoms with Crippen molar-refractivity contribution in [2.75, 3.05) is 0 Å². The van der Waals surface area contributed by atoms with Gasteiger partial charge in [0.25, 0.3) is 0 Å². The molecular formula is C47H30N2O2. The highest BCUT2D eigenvalue weighted by molar-refractivity contribution is 6.33. The minimum Gasteiger partial charge on any atom is -0.309 e. The molecule has 0 atom stereocenters. The molecule has 0 bridgehead atoms. The maximum Gasteiger partial charge on any atom is 0.194 e. The predicted octanol–water partition coefficient (Wildman–Crippen LogP) is 11.0. The maximum atomic E-state index is 14.2. The van der Waals surface area contributed by atoms with Crippen LogP contribution in [0.2, 0.25) is 0 Å². The van der Waals surface area contributed by atoms with E-state index in [4.69, 9.17) is 0 Å². The van der Waals surface area contributed by atoms with Gasteiger partial charge in [-0.05, 0) is 65.2 Å². The number of aromatic nitrogens is 2. The number of nitrogens with zero attached hydrogens (tertiary/aromatic N) is 2. The van der Waals surface area contributed by atoms with E-state index in [1.165, 1.54) is 16.3 Å². The summed E-state index contributed by atoms with van der Waals surface area (Å²) in [6, 6.07) is 49.9. The highest BCUT2D eigenvalue weighted by Crippen LogP contribution is 2.59. The average Bonchev–Trinajstić information content (AvgIpc) is 3.77. The van der Waals surface area contributed by atoms with E-state index in [1.54, 1.807) is 12.1 Å². The minimum absolute atomic E-state index is 0.0934. The molecule has 2 aliphatic rings. The van der Waals surface area contributed by atoms with Crippen molar-refractivity contribution < 1.29 is 9.59 Å². The first kappa shape index (κ1) is 28.3. The molecule has 240 valence electrons. The van der Waals surface area contributed by atoms with E-state index in [-0.39, 0.29) is 11.6 Å². The number of para-hydroxylation sites is 4. The van der Waals surface area contributed by atoms with Gasteiger partial charge in [0.1, 0.15) is 0 Å². The van der Waals surface area contributed by atoms with Crippen molar-refractivity contribution in [3.05, 3.63) is 179 Å². The van der Waals surface area contributed by atoms with Crippen molar-refractivity contribution in [3.8, 4) is 22.5 Å². The van der Waals surface area contributed by atoms with Crippen LogP contribution in [0, 0.1) is 0 Å². The monoisotopic (exact) mass is 654 g/mol. The normalized spacial score (nSPS) is 14.3. The summed E-state index contributed by atoms with van der Waals surface area (Å²) in [5, 5.41) is 4.70. The molecule has 0 spiro atoms. The van der Waals surface area contributed by atoms with E-state index in [2.05, 4.69) is 132 Å². The van der Waals surface area contributed by atoms with Crippen LogP contribution in [-0.4, -0.2) is 20.7 Å². The van der Waals surface area contributed by atoms with Gasteiger partial charge >= 0.3 is 0 Å². The van der Waals surface area contributed by atoms with Crippen LogP contribution < -0.4 is 0 Å². The molecule has 0 saturated heterocycles. The fraction of sp³-hybridized carbons (Fsp3) is 0.0638. The van der Waals surface area contributed by atoms with Gasteiger partial charge < -0.3 is 9.13 Å². The first-order chi connectivity index (χ1) is 24.9. The van der Waals surface area contributed by atoms with Crippen LogP contribution in [0.5, 0.6) is 0 Å². The summed E-state index contributed by atoms with van der Waals surface area (Å²) >= 11 is 0. The van der Waals surface area contributed by atoms with Crippen molar-refractivity contribution >= 4 is 55.2 Å². The third kappa shape index (κ3) is 3.49. The Balaban J connectivity index is 1.41. The Morgan fingerprint density at radius 2 is 0.922 bits per heavy atom. The topological polar surface area (TPSA) is 44.0 Å². The molecule has 9 aromatic rings. The molecule has 4 nitrogen and oxygen atoms in total. The molecular weight excluding hydrogens is 625 g/mol. The Morgan fingerprint density at radius 3 is 1.51 bits per heavy atom. The van der Waals surface area contributed by atoms with Crippen LogP contribution in [0.3, 0.4) is 0 Å². The first-order valence-electron chi connectivity index (χ1n) is 17.5. The Morgan fingerprint density at radius 1 is 0.451 bits per heavy atom. The molecule has 7 aromatic carbocycles. The molecule has 0 amide bonds. The van der Waals surface area contributed by atoms with Crippen LogP contribution in [0.25, 0.3) is 66.1 Å². The van der Waals surface area contributed by atoms with Crippen LogP contribution in [0.4, 0.5) is 0 Å². The highest BCUT2D eigenvalue weighted by atomic mass is 16.1. The number of carbonyl (C=O) groups is 2. The zero-order chi connectivity index (χ0) is 34.2. The van der Waals surface area contributed by atoms with Crippen LogP contribution >= 0.6 is 0 Å². The minimum atomic E-state index is -0.504. The molecule has 2 aliphatic carbocycles. The number of benzene rings is 7. The van der Waals surface area contributed by atoms with Gasteiger partial charge in [0, 0.05) is 66.2 Å². The molecule has 4 heteroatoms. The van der Waals surface area contributed by atoms with Crippen molar-refractivity contribution in [1.29, 1.82) is 0 Å². The number of hydrogen-bond acceptors (Lipinski definition) is 2. The summed E-state index contributed by atoms with van der Waals surface area (Å²) in [4.78, 5) is 28.3. The number of rotatable bonds is 2. The van der Waals surface area contributed by atoms with Crippen LogP contribution in [0.15, 0.2) is 146 Å². The lowest BCUT2D eigenvalue weighted by atomic mass is 9.77. The largest absolute Gasteiger partial charge is 0.309 e. The second kappa shape index (κ2) is 9.80. The number of hydrogen-bond donors (Lipinski definition) is 0. The van der Waals surface area contributed by atoms with Gasteiger partial charge in [0.05, 0.1) is 22.1 Å². The zero-order valence-corrected chi connectivity index (χ0v) is 28.1. The highest BCUT2D eigenvalue weighted by Gasteiger charge is 2.44. The molecule has 2 aromatic heterocycles. The third-order valence-electron chi connectivity index (χ3n) is 11.4. The number of ketones is 2. The van der Waals surface area contributed by atoms with Gasteiger partial charge in [-0.2, -0.15) is 0 Å². The SMILES string of the molecule is CC1(C)c2cc3c(cc2-c2c1c1c4ccccc4n(-c4ccccc4)c1c1c4ccccc4n(-c4ccccc4)c21)C(=O)c1ccccc1C3=O. The van der Waals surface area contributed by atoms with E-state index in [1.807, 2.05) is 24.3 Å². The van der Waals surface area contributed by atoms with Gasteiger partial charge in [0.15, 0.2) is 11.6 Å². The van der Waals surface area contributed by atoms with Crippen LogP contribution in [-0.2, 0) is 5.41 Å². The summed E-state index contributed by atoms with van der Waals surface area (Å²) in [6.45, 7) is 4.56. The second-order valence-corrected chi connectivity index (χ2v) is 14.3. The smallest absolute Gasteiger partial charge is 0.194 e. The number of carbonyl (C=O) groups excluding carboxylic acids is 2. The number of fused-ring (bicyclic) bond motifs is 14. The summed E-state index contributed by atoms with van der Waals surface area (Å²) in [5.41, 5.74) is 12.5. The Labute approximate surface area is 293 Å². The van der Waals surface area contributed by atoms with E-state index in [0.29, 0.717) is 22.3 Å². The molecule has 0 N–H and O–H groups in total. The zero-order valence-electron chi connectivity index (χ0n) is 28.1. The fourth-order valence-corrected chi connectivity index (χ4v) is 9.27. The van der Waals surface area contributed by atoms with E-state index in [9.17, 15) is 9.59 Å². The maximum absolute atomic E-state index is 14.2. The first-order valence-corrected chi connectivity index (χ1v) is 17.5. The summed E-state index contributed by atoms with van der Waals surface area (Å²) in [6.07, 6.45) is 0. The lowest BCUT2D eigenvalue weighted by Gasteiger charge is -2.25. The summed E-state index contributed by atoms with van der Waals surface area (Å²) in [7, 11) is 0. The van der Waals surface area contributed by atoms with Crippen LogP contribution in [0.1, 0.15) is 56.8 Å². The van der Waals surface area contributed by atoms with Crippen molar-refractivity contribution in [2.24, 2.45) is 0 Å². The summed E-state index contributed by atoms with van der Waals surface area (Å²) in [5.74, 6) is -0.194. The van der Waals surface area contributed by atoms with Crippen molar-refractivity contribution in [3.63, 3.8) is 0 Å². The average molecular weight is 655 g/mol. The molecule has 2 heterocycles. The Bertz CT molecular complexity index is 3020. The fourth-order valence-electron chi connectivity index (χ4n) is 9.27. The van der Waals surface area contributed by atoms with E-state index in [0.717, 1.165) is 60.9 Å². The van der Waals surface area contributed by atoms with Gasteiger partial charge in [-0.3, -0.25) is 9.59 Å². The molecule has 0 saturated carbocycles. The van der Waals surface area contributed by atoms with Gasteiger partial charge in [-0.15, -0.1) is 0 Å². The van der Waals surface area contributed by atoms with E-state index >= 15 is 0 Å². The van der Waals surface area contributed by atoms with Crippen molar-refractivity contribution in [2.45, 2.75) is 19.3 Å². The Hall–Kier alpha value is -6.52. The van der Waals surface area contributed by atoms with Gasteiger partial charge in [0.2, 0.25) is 0 Å². The second-order valence-electron chi connectivity index (χ2n) is 14.3. The molecule has 0 fully saturated rings. The predicted molar refractivity (Wildman–Crippen MR) is 206 cm³/mol. The lowest BCUT2D eigenvalue weighted by molar-refractivity contribution is 0.0979. The lowest BCUT2D eigenvalue weighted by Crippen LogP contribution is -2.23. The van der Waals surface area contributed by atoms with Crippen molar-refractivity contribution in [1.82, 2.24) is 9.13 Å². The Kier molecular flexibility index (Phi) is 5.44. The van der Waals surface area contributed by atoms with E-state index < -0.39 is 5.41 Å². The molecule has 0 unspecified atom stereocenters. The summed E-state index contributed by atoms with van der Waals surface area (Å²) < 4.78 is 4.84. The van der Waals surface area contributed by atoms with Gasteiger partial charge in [-0.25, -0.2) is 0 Å². The third-order valence-corrected chi connectivity index (χ3v) is 11.4. The quantitative estimate of drug-likeness (QED) is 0.186. The molecule has 0 radical (unpaired) electrons. The standard InChI is InChI=1S/C47H30N2O2/c1-47(2)36-26-34-33(45(50)29-19-9-10-20-30(29)46(34)51)25-35(36)40-42(47)39-31-21-11-13-23-37(31)48(27-15-5-3-6-16-27)43(39)41-32-22-12-14-24-38(32)49(44(40)41)28-17-7-4-8-18-28/h3-26H,1-2H3. The van der Waals surface area contributed by atoms with Gasteiger partial charge in [-0.1, -0.05) is 111 Å². The molecule has 0 aliphatic heterocycles.